The van der Waals surface area contributed by atoms with Crippen LogP contribution < -0.4 is 4.90 Å². The number of hydrogen-bond donors (Lipinski definition) is 0. The van der Waals surface area contributed by atoms with Crippen molar-refractivity contribution in [3.05, 3.63) is 60.4 Å². The highest BCUT2D eigenvalue weighted by molar-refractivity contribution is 5.94. The molecule has 1 atom stereocenters. The molecule has 1 saturated heterocycles. The van der Waals surface area contributed by atoms with Crippen LogP contribution in [0.15, 0.2) is 54.6 Å². The molecular weight excluding hydrogens is 364 g/mol. The maximum Gasteiger partial charge on any atom is 0.246 e. The summed E-state index contributed by atoms with van der Waals surface area (Å²) in [5.74, 6) is 1.00. The van der Waals surface area contributed by atoms with Crippen LogP contribution in [0.1, 0.15) is 32.0 Å². The molecular formula is C23H26N4O2. The number of rotatable bonds is 6. The molecule has 2 heterocycles. The number of likely N-dealkylation sites (N-methyl/N-ethyl adjacent to an activating group) is 2. The molecule has 29 heavy (non-hydrogen) atoms. The number of benzene rings is 2. The molecule has 1 aliphatic rings. The highest BCUT2D eigenvalue weighted by atomic mass is 16.2. The maximum atomic E-state index is 13.2. The quantitative estimate of drug-likeness (QED) is 0.648. The third-order valence-electron chi connectivity index (χ3n) is 5.62. The van der Waals surface area contributed by atoms with E-state index in [2.05, 4.69) is 0 Å². The zero-order chi connectivity index (χ0) is 20.4. The lowest BCUT2D eigenvalue weighted by molar-refractivity contribution is -0.127. The SMILES string of the molecule is CCN1CC(c2nc3ccccc3n2CC(=O)N(CC)c2ccccc2)CC1=O. The average molecular weight is 390 g/mol. The first-order valence-electron chi connectivity index (χ1n) is 10.2. The molecule has 0 bridgehead atoms. The molecule has 0 aliphatic carbocycles. The van der Waals surface area contributed by atoms with Crippen molar-refractivity contribution < 1.29 is 9.59 Å². The van der Waals surface area contributed by atoms with Crippen LogP contribution in [0.4, 0.5) is 5.69 Å². The predicted octanol–water partition coefficient (Wildman–Crippen LogP) is 3.43. The van der Waals surface area contributed by atoms with Crippen LogP contribution in [0, 0.1) is 0 Å². The van der Waals surface area contributed by atoms with Crippen LogP contribution >= 0.6 is 0 Å². The Hall–Kier alpha value is -3.15. The highest BCUT2D eigenvalue weighted by Crippen LogP contribution is 2.30. The summed E-state index contributed by atoms with van der Waals surface area (Å²) >= 11 is 0. The molecule has 1 unspecified atom stereocenters. The normalized spacial score (nSPS) is 16.6. The Morgan fingerprint density at radius 2 is 1.83 bits per heavy atom. The van der Waals surface area contributed by atoms with Crippen molar-refractivity contribution >= 4 is 28.5 Å². The molecule has 0 spiro atoms. The minimum absolute atomic E-state index is 0.00875. The molecule has 4 rings (SSSR count). The predicted molar refractivity (Wildman–Crippen MR) is 114 cm³/mol. The van der Waals surface area contributed by atoms with Gasteiger partial charge < -0.3 is 14.4 Å². The second-order valence-corrected chi connectivity index (χ2v) is 7.35. The van der Waals surface area contributed by atoms with Gasteiger partial charge in [0.05, 0.1) is 11.0 Å². The fourth-order valence-corrected chi connectivity index (χ4v) is 4.15. The molecule has 3 aromatic rings. The average Bonchev–Trinajstić information content (AvgIpc) is 3.29. The number of aromatic nitrogens is 2. The molecule has 150 valence electrons. The van der Waals surface area contributed by atoms with Gasteiger partial charge in [-0.05, 0) is 38.1 Å². The summed E-state index contributed by atoms with van der Waals surface area (Å²) in [6.45, 7) is 6.12. The number of hydrogen-bond acceptors (Lipinski definition) is 3. The van der Waals surface area contributed by atoms with Crippen molar-refractivity contribution in [2.45, 2.75) is 32.7 Å². The van der Waals surface area contributed by atoms with Gasteiger partial charge in [0.15, 0.2) is 0 Å². The molecule has 2 amide bonds. The Kier molecular flexibility index (Phi) is 5.34. The lowest BCUT2D eigenvalue weighted by Gasteiger charge is -2.22. The van der Waals surface area contributed by atoms with E-state index < -0.39 is 0 Å². The summed E-state index contributed by atoms with van der Waals surface area (Å²) in [5.41, 5.74) is 2.68. The van der Waals surface area contributed by atoms with E-state index in [-0.39, 0.29) is 24.3 Å². The van der Waals surface area contributed by atoms with Crippen LogP contribution in [-0.2, 0) is 16.1 Å². The largest absolute Gasteiger partial charge is 0.342 e. The van der Waals surface area contributed by atoms with Gasteiger partial charge in [-0.2, -0.15) is 0 Å². The molecule has 0 radical (unpaired) electrons. The van der Waals surface area contributed by atoms with E-state index in [1.165, 1.54) is 0 Å². The van der Waals surface area contributed by atoms with Crippen molar-refractivity contribution in [1.29, 1.82) is 0 Å². The van der Waals surface area contributed by atoms with E-state index in [0.29, 0.717) is 26.1 Å². The van der Waals surface area contributed by atoms with E-state index in [0.717, 1.165) is 22.5 Å². The zero-order valence-corrected chi connectivity index (χ0v) is 16.9. The summed E-state index contributed by atoms with van der Waals surface area (Å²) in [7, 11) is 0. The number of carbonyl (C=O) groups is 2. The number of imidazole rings is 1. The summed E-state index contributed by atoms with van der Waals surface area (Å²) in [4.78, 5) is 34.0. The van der Waals surface area contributed by atoms with Crippen molar-refractivity contribution in [2.75, 3.05) is 24.5 Å². The second kappa shape index (κ2) is 8.07. The van der Waals surface area contributed by atoms with Gasteiger partial charge in [-0.1, -0.05) is 30.3 Å². The summed E-state index contributed by atoms with van der Waals surface area (Å²) in [5, 5.41) is 0. The Morgan fingerprint density at radius 1 is 1.10 bits per heavy atom. The van der Waals surface area contributed by atoms with Crippen LogP contribution in [-0.4, -0.2) is 45.9 Å². The number of para-hydroxylation sites is 3. The van der Waals surface area contributed by atoms with E-state index in [4.69, 9.17) is 4.98 Å². The van der Waals surface area contributed by atoms with Gasteiger partial charge in [0.1, 0.15) is 12.4 Å². The molecule has 1 aromatic heterocycles. The molecule has 1 fully saturated rings. The van der Waals surface area contributed by atoms with Gasteiger partial charge in [0, 0.05) is 37.7 Å². The van der Waals surface area contributed by atoms with Gasteiger partial charge in [-0.3, -0.25) is 9.59 Å². The van der Waals surface area contributed by atoms with E-state index >= 15 is 0 Å². The van der Waals surface area contributed by atoms with Crippen molar-refractivity contribution in [3.8, 4) is 0 Å². The van der Waals surface area contributed by atoms with Crippen LogP contribution in [0.25, 0.3) is 11.0 Å². The Balaban J connectivity index is 1.69. The van der Waals surface area contributed by atoms with E-state index in [1.54, 1.807) is 4.90 Å². The first-order valence-corrected chi connectivity index (χ1v) is 10.2. The van der Waals surface area contributed by atoms with Crippen LogP contribution in [0.2, 0.25) is 0 Å². The highest BCUT2D eigenvalue weighted by Gasteiger charge is 2.33. The fourth-order valence-electron chi connectivity index (χ4n) is 4.15. The number of carbonyl (C=O) groups excluding carboxylic acids is 2. The van der Waals surface area contributed by atoms with Gasteiger partial charge in [0.2, 0.25) is 11.8 Å². The molecule has 6 nitrogen and oxygen atoms in total. The summed E-state index contributed by atoms with van der Waals surface area (Å²) in [6, 6.07) is 17.6. The van der Waals surface area contributed by atoms with Crippen molar-refractivity contribution in [3.63, 3.8) is 0 Å². The smallest absolute Gasteiger partial charge is 0.246 e. The topological polar surface area (TPSA) is 58.4 Å². The fraction of sp³-hybridized carbons (Fsp3) is 0.348. The standard InChI is InChI=1S/C23H26N4O2/c1-3-25-15-17(14-21(25)28)23-24-19-12-8-9-13-20(19)27(23)16-22(29)26(4-2)18-10-6-5-7-11-18/h5-13,17H,3-4,14-16H2,1-2H3. The lowest BCUT2D eigenvalue weighted by atomic mass is 10.1. The van der Waals surface area contributed by atoms with Gasteiger partial charge in [0.25, 0.3) is 0 Å². The molecule has 6 heteroatoms. The van der Waals surface area contributed by atoms with Gasteiger partial charge >= 0.3 is 0 Å². The van der Waals surface area contributed by atoms with E-state index in [9.17, 15) is 9.59 Å². The number of likely N-dealkylation sites (tertiary alicyclic amines) is 1. The van der Waals surface area contributed by atoms with Crippen molar-refractivity contribution in [1.82, 2.24) is 14.5 Å². The first kappa shape index (κ1) is 19.2. The number of anilines is 1. The van der Waals surface area contributed by atoms with Gasteiger partial charge in [-0.25, -0.2) is 4.98 Å². The van der Waals surface area contributed by atoms with Crippen LogP contribution in [0.5, 0.6) is 0 Å². The monoisotopic (exact) mass is 390 g/mol. The third-order valence-corrected chi connectivity index (χ3v) is 5.62. The Bertz CT molecular complexity index is 1030. The second-order valence-electron chi connectivity index (χ2n) is 7.35. The summed E-state index contributed by atoms with van der Waals surface area (Å²) in [6.07, 6.45) is 0.446. The first-order chi connectivity index (χ1) is 14.1. The van der Waals surface area contributed by atoms with E-state index in [1.807, 2.05) is 77.9 Å². The Morgan fingerprint density at radius 3 is 2.52 bits per heavy atom. The maximum absolute atomic E-state index is 13.2. The number of amides is 2. The number of fused-ring (bicyclic) bond motifs is 1. The molecule has 0 N–H and O–H groups in total. The summed E-state index contributed by atoms with van der Waals surface area (Å²) < 4.78 is 2.00. The molecule has 1 aliphatic heterocycles. The lowest BCUT2D eigenvalue weighted by Crippen LogP contribution is -2.34. The van der Waals surface area contributed by atoms with Gasteiger partial charge in [-0.15, -0.1) is 0 Å². The molecule has 2 aromatic carbocycles. The zero-order valence-electron chi connectivity index (χ0n) is 16.9. The Labute approximate surface area is 170 Å². The minimum Gasteiger partial charge on any atom is -0.342 e. The third kappa shape index (κ3) is 3.62. The van der Waals surface area contributed by atoms with Crippen molar-refractivity contribution in [2.24, 2.45) is 0 Å². The molecule has 0 saturated carbocycles. The van der Waals surface area contributed by atoms with Crippen LogP contribution in [0.3, 0.4) is 0 Å². The number of nitrogens with zero attached hydrogens (tertiary/aromatic N) is 4. The minimum atomic E-state index is 0.00875.